The molecule has 0 aromatic carbocycles. The van der Waals surface area contributed by atoms with Crippen LogP contribution in [0.15, 0.2) is 11.6 Å². The Morgan fingerprint density at radius 1 is 1.69 bits per heavy atom. The van der Waals surface area contributed by atoms with E-state index in [4.69, 9.17) is 0 Å². The fourth-order valence-electron chi connectivity index (χ4n) is 1.60. The van der Waals surface area contributed by atoms with Crippen LogP contribution in [0.25, 0.3) is 0 Å². The third-order valence-corrected chi connectivity index (χ3v) is 3.31. The average Bonchev–Trinajstić information content (AvgIpc) is 2.89. The maximum absolute atomic E-state index is 11.6. The van der Waals surface area contributed by atoms with Gasteiger partial charge in [-0.1, -0.05) is 0 Å². The second kappa shape index (κ2) is 5.07. The van der Waals surface area contributed by atoms with Gasteiger partial charge in [-0.2, -0.15) is 0 Å². The summed E-state index contributed by atoms with van der Waals surface area (Å²) < 4.78 is 0. The van der Waals surface area contributed by atoms with Gasteiger partial charge in [0.05, 0.1) is 10.9 Å². The Labute approximate surface area is 97.3 Å². The molecule has 16 heavy (non-hydrogen) atoms. The van der Waals surface area contributed by atoms with E-state index < -0.39 is 0 Å². The number of aromatic nitrogens is 1. The van der Waals surface area contributed by atoms with E-state index in [0.717, 1.165) is 11.4 Å². The van der Waals surface area contributed by atoms with E-state index in [1.807, 2.05) is 5.38 Å². The zero-order valence-electron chi connectivity index (χ0n) is 8.73. The maximum Gasteiger partial charge on any atom is 0.225 e. The molecule has 1 aliphatic heterocycles. The van der Waals surface area contributed by atoms with Crippen molar-refractivity contribution >= 4 is 23.2 Å². The Kier molecular flexibility index (Phi) is 3.51. The summed E-state index contributed by atoms with van der Waals surface area (Å²) in [7, 11) is 0. The van der Waals surface area contributed by atoms with Crippen LogP contribution in [0, 0.1) is 5.92 Å². The quantitative estimate of drug-likeness (QED) is 0.773. The van der Waals surface area contributed by atoms with Crippen LogP contribution in [0.3, 0.4) is 0 Å². The number of hydrogen-bond acceptors (Lipinski definition) is 4. The number of nitrogens with zero attached hydrogens (tertiary/aromatic N) is 1. The molecule has 5 nitrogen and oxygen atoms in total. The molecule has 1 atom stereocenters. The lowest BCUT2D eigenvalue weighted by Crippen LogP contribution is -2.33. The lowest BCUT2D eigenvalue weighted by Gasteiger charge is -2.07. The summed E-state index contributed by atoms with van der Waals surface area (Å²) in [4.78, 5) is 26.6. The minimum atomic E-state index is -0.205. The Morgan fingerprint density at radius 2 is 2.56 bits per heavy atom. The predicted molar refractivity (Wildman–Crippen MR) is 59.9 cm³/mol. The van der Waals surface area contributed by atoms with Crippen molar-refractivity contribution in [2.75, 3.05) is 13.1 Å². The molecule has 86 valence electrons. The topological polar surface area (TPSA) is 71.1 Å². The Morgan fingerprint density at radius 3 is 3.19 bits per heavy atom. The minimum Gasteiger partial charge on any atom is -0.355 e. The van der Waals surface area contributed by atoms with Crippen molar-refractivity contribution in [3.05, 3.63) is 16.6 Å². The van der Waals surface area contributed by atoms with E-state index >= 15 is 0 Å². The Hall–Kier alpha value is -1.43. The van der Waals surface area contributed by atoms with Gasteiger partial charge in [0, 0.05) is 37.5 Å². The summed E-state index contributed by atoms with van der Waals surface area (Å²) >= 11 is 1.58. The van der Waals surface area contributed by atoms with Gasteiger partial charge in [-0.25, -0.2) is 4.98 Å². The molecular weight excluding hydrogens is 226 g/mol. The van der Waals surface area contributed by atoms with Crippen molar-refractivity contribution in [3.63, 3.8) is 0 Å². The van der Waals surface area contributed by atoms with Gasteiger partial charge in [0.1, 0.15) is 0 Å². The molecule has 1 aromatic heterocycles. The monoisotopic (exact) mass is 239 g/mol. The molecule has 6 heteroatoms. The van der Waals surface area contributed by atoms with E-state index in [1.165, 1.54) is 0 Å². The van der Waals surface area contributed by atoms with Gasteiger partial charge in [-0.15, -0.1) is 11.3 Å². The van der Waals surface area contributed by atoms with Crippen molar-refractivity contribution in [3.8, 4) is 0 Å². The number of carbonyl (C=O) groups is 2. The molecule has 0 bridgehead atoms. The number of thiazole rings is 1. The molecular formula is C10H13N3O2S. The van der Waals surface area contributed by atoms with Gasteiger partial charge in [-0.05, 0) is 0 Å². The molecule has 2 heterocycles. The lowest BCUT2D eigenvalue weighted by molar-refractivity contribution is -0.126. The van der Waals surface area contributed by atoms with E-state index in [9.17, 15) is 9.59 Å². The second-order valence-corrected chi connectivity index (χ2v) is 4.65. The minimum absolute atomic E-state index is 0.0416. The number of nitrogens with one attached hydrogen (secondary N) is 2. The van der Waals surface area contributed by atoms with Gasteiger partial charge < -0.3 is 10.6 Å². The van der Waals surface area contributed by atoms with Crippen LogP contribution in [-0.4, -0.2) is 29.9 Å². The largest absolute Gasteiger partial charge is 0.355 e. The van der Waals surface area contributed by atoms with Gasteiger partial charge in [-0.3, -0.25) is 9.59 Å². The third kappa shape index (κ3) is 2.79. The zero-order valence-corrected chi connectivity index (χ0v) is 9.55. The van der Waals surface area contributed by atoms with Crippen LogP contribution < -0.4 is 10.6 Å². The van der Waals surface area contributed by atoms with Crippen molar-refractivity contribution in [1.29, 1.82) is 0 Å². The fraction of sp³-hybridized carbons (Fsp3) is 0.500. The first-order chi connectivity index (χ1) is 7.75. The van der Waals surface area contributed by atoms with Gasteiger partial charge >= 0.3 is 0 Å². The number of amides is 2. The Bertz CT molecular complexity index is 377. The predicted octanol–water partition coefficient (Wildman–Crippen LogP) is -0.0621. The first kappa shape index (κ1) is 11.1. The van der Waals surface area contributed by atoms with Crippen LogP contribution in [-0.2, 0) is 16.0 Å². The smallest absolute Gasteiger partial charge is 0.225 e. The number of rotatable bonds is 4. The number of carbonyl (C=O) groups excluding carboxylic acids is 2. The van der Waals surface area contributed by atoms with E-state index in [0.29, 0.717) is 19.5 Å². The lowest BCUT2D eigenvalue weighted by atomic mass is 10.1. The summed E-state index contributed by atoms with van der Waals surface area (Å²) in [5.74, 6) is -0.293. The molecule has 2 N–H and O–H groups in total. The van der Waals surface area contributed by atoms with Gasteiger partial charge in [0.25, 0.3) is 0 Å². The highest BCUT2D eigenvalue weighted by Crippen LogP contribution is 2.09. The van der Waals surface area contributed by atoms with E-state index in [-0.39, 0.29) is 17.7 Å². The van der Waals surface area contributed by atoms with Crippen LogP contribution in [0.2, 0.25) is 0 Å². The van der Waals surface area contributed by atoms with E-state index in [1.54, 1.807) is 17.5 Å². The molecule has 0 saturated carbocycles. The molecule has 1 saturated heterocycles. The first-order valence-corrected chi connectivity index (χ1v) is 6.06. The van der Waals surface area contributed by atoms with Crippen LogP contribution in [0.4, 0.5) is 0 Å². The molecule has 0 radical (unpaired) electrons. The number of hydrogen-bond donors (Lipinski definition) is 2. The van der Waals surface area contributed by atoms with Crippen molar-refractivity contribution in [2.24, 2.45) is 5.92 Å². The maximum atomic E-state index is 11.6. The summed E-state index contributed by atoms with van der Waals surface area (Å²) in [5, 5.41) is 8.39. The Balaban J connectivity index is 1.70. The summed E-state index contributed by atoms with van der Waals surface area (Å²) in [5.41, 5.74) is 0. The highest BCUT2D eigenvalue weighted by atomic mass is 32.1. The summed E-state index contributed by atoms with van der Waals surface area (Å²) in [6.07, 6.45) is 2.81. The molecule has 2 amide bonds. The molecule has 1 fully saturated rings. The van der Waals surface area contributed by atoms with Gasteiger partial charge in [0.2, 0.25) is 11.8 Å². The molecule has 0 spiro atoms. The van der Waals surface area contributed by atoms with E-state index in [2.05, 4.69) is 15.6 Å². The van der Waals surface area contributed by atoms with Crippen molar-refractivity contribution in [2.45, 2.75) is 12.8 Å². The fourth-order valence-corrected chi connectivity index (χ4v) is 2.22. The van der Waals surface area contributed by atoms with Crippen LogP contribution >= 0.6 is 11.3 Å². The SMILES string of the molecule is O=C1CC(C(=O)NCCc2nccs2)CN1. The second-order valence-electron chi connectivity index (χ2n) is 3.67. The highest BCUT2D eigenvalue weighted by Gasteiger charge is 2.27. The molecule has 0 aliphatic carbocycles. The molecule has 1 aromatic rings. The van der Waals surface area contributed by atoms with Crippen LogP contribution in [0.5, 0.6) is 0 Å². The highest BCUT2D eigenvalue weighted by molar-refractivity contribution is 7.09. The molecule has 2 rings (SSSR count). The normalized spacial score (nSPS) is 19.5. The molecule has 1 aliphatic rings. The third-order valence-electron chi connectivity index (χ3n) is 2.47. The van der Waals surface area contributed by atoms with Crippen molar-refractivity contribution < 1.29 is 9.59 Å². The first-order valence-electron chi connectivity index (χ1n) is 5.18. The summed E-state index contributed by atoms with van der Waals surface area (Å²) in [6.45, 7) is 1.04. The summed E-state index contributed by atoms with van der Waals surface area (Å²) in [6, 6.07) is 0. The van der Waals surface area contributed by atoms with Crippen molar-refractivity contribution in [1.82, 2.24) is 15.6 Å². The average molecular weight is 239 g/mol. The standard InChI is InChI=1S/C10H13N3O2S/c14-8-5-7(6-13-8)10(15)12-2-1-9-11-3-4-16-9/h3-4,7H,1-2,5-6H2,(H,12,15)(H,13,14). The van der Waals surface area contributed by atoms with Gasteiger partial charge in [0.15, 0.2) is 0 Å². The molecule has 1 unspecified atom stereocenters. The zero-order chi connectivity index (χ0) is 11.4. The van der Waals surface area contributed by atoms with Crippen LogP contribution in [0.1, 0.15) is 11.4 Å².